The first kappa shape index (κ1) is 15.0. The van der Waals surface area contributed by atoms with Crippen LogP contribution in [0.4, 0.5) is 0 Å². The van der Waals surface area contributed by atoms with Crippen molar-refractivity contribution in [3.63, 3.8) is 0 Å². The zero-order valence-electron chi connectivity index (χ0n) is 11.0. The highest BCUT2D eigenvalue weighted by Crippen LogP contribution is 2.21. The van der Waals surface area contributed by atoms with Gasteiger partial charge in [0.05, 0.1) is 16.4 Å². The van der Waals surface area contributed by atoms with Gasteiger partial charge in [-0.1, -0.05) is 34.5 Å². The van der Waals surface area contributed by atoms with Gasteiger partial charge in [0.25, 0.3) is 0 Å². The van der Waals surface area contributed by atoms with Crippen molar-refractivity contribution in [2.24, 2.45) is 0 Å². The monoisotopic (exact) mass is 321 g/mol. The molecule has 98 valence electrons. The van der Waals surface area contributed by atoms with Gasteiger partial charge in [-0.15, -0.1) is 0 Å². The Labute approximate surface area is 117 Å². The first-order chi connectivity index (χ1) is 7.95. The number of halogens is 2. The molecule has 1 rings (SSSR count). The summed E-state index contributed by atoms with van der Waals surface area (Å²) in [6.45, 7) is 8.99. The molecule has 0 amide bonds. The smallest absolute Gasteiger partial charge is 0.0860 e. The topological polar surface area (TPSA) is 21.1 Å². The van der Waals surface area contributed by atoms with Gasteiger partial charge in [-0.05, 0) is 33.9 Å². The van der Waals surface area contributed by atoms with E-state index >= 15 is 0 Å². The predicted molar refractivity (Wildman–Crippen MR) is 77.0 cm³/mol. The van der Waals surface area contributed by atoms with Gasteiger partial charge in [0.1, 0.15) is 0 Å². The maximum Gasteiger partial charge on any atom is 0.0860 e. The molecule has 1 unspecified atom stereocenters. The van der Waals surface area contributed by atoms with E-state index in [1.165, 1.54) is 0 Å². The van der Waals surface area contributed by atoms with Crippen molar-refractivity contribution in [2.45, 2.75) is 45.1 Å². The third-order valence-electron chi connectivity index (χ3n) is 2.78. The van der Waals surface area contributed by atoms with Gasteiger partial charge < -0.3 is 4.90 Å². The molecule has 0 saturated heterocycles. The molecule has 1 atom stereocenters. The van der Waals surface area contributed by atoms with Crippen LogP contribution in [0.25, 0.3) is 0 Å². The highest BCUT2D eigenvalue weighted by atomic mass is 79.9. The van der Waals surface area contributed by atoms with Crippen molar-refractivity contribution in [3.05, 3.63) is 16.4 Å². The fourth-order valence-electron chi connectivity index (χ4n) is 1.75. The Morgan fingerprint density at radius 3 is 2.71 bits per heavy atom. The van der Waals surface area contributed by atoms with Crippen molar-refractivity contribution in [3.8, 4) is 0 Å². The summed E-state index contributed by atoms with van der Waals surface area (Å²) in [5.74, 6) is 0. The van der Waals surface area contributed by atoms with E-state index in [1.54, 1.807) is 0 Å². The highest BCUT2D eigenvalue weighted by molar-refractivity contribution is 9.09. The minimum absolute atomic E-state index is 0.554. The SMILES string of the molecule is CCn1nc(C)c(Cl)c1CN(C)CCC(C)Br. The third kappa shape index (κ3) is 4.27. The summed E-state index contributed by atoms with van der Waals surface area (Å²) in [7, 11) is 2.12. The van der Waals surface area contributed by atoms with Crippen LogP contribution in [0.5, 0.6) is 0 Å². The maximum atomic E-state index is 6.28. The Bertz CT molecular complexity index is 363. The Kier molecular flexibility index (Phi) is 5.97. The van der Waals surface area contributed by atoms with Crippen LogP contribution < -0.4 is 0 Å². The van der Waals surface area contributed by atoms with Crippen molar-refractivity contribution in [1.29, 1.82) is 0 Å². The first-order valence-electron chi connectivity index (χ1n) is 6.00. The molecule has 0 radical (unpaired) electrons. The second-order valence-electron chi connectivity index (χ2n) is 4.47. The average Bonchev–Trinajstić information content (AvgIpc) is 2.54. The van der Waals surface area contributed by atoms with Crippen LogP contribution >= 0.6 is 27.5 Å². The second-order valence-corrected chi connectivity index (χ2v) is 6.41. The molecule has 1 aromatic heterocycles. The molecule has 5 heteroatoms. The van der Waals surface area contributed by atoms with Crippen molar-refractivity contribution in [1.82, 2.24) is 14.7 Å². The molecule has 0 aliphatic rings. The number of aryl methyl sites for hydroxylation is 2. The minimum Gasteiger partial charge on any atom is -0.300 e. The number of hydrogen-bond donors (Lipinski definition) is 0. The molecule has 1 aromatic rings. The van der Waals surface area contributed by atoms with Crippen molar-refractivity contribution >= 4 is 27.5 Å². The lowest BCUT2D eigenvalue weighted by molar-refractivity contribution is 0.311. The van der Waals surface area contributed by atoms with E-state index in [0.29, 0.717) is 4.83 Å². The molecule has 0 aliphatic carbocycles. The molecule has 0 spiro atoms. The molecule has 0 bridgehead atoms. The molecular formula is C12H21BrClN3. The van der Waals surface area contributed by atoms with Gasteiger partial charge in [-0.25, -0.2) is 0 Å². The van der Waals surface area contributed by atoms with Crippen LogP contribution in [0.15, 0.2) is 0 Å². The molecule has 3 nitrogen and oxygen atoms in total. The largest absolute Gasteiger partial charge is 0.300 e. The number of alkyl halides is 1. The number of nitrogens with zero attached hydrogens (tertiary/aromatic N) is 3. The summed E-state index contributed by atoms with van der Waals surface area (Å²) in [4.78, 5) is 2.84. The van der Waals surface area contributed by atoms with Gasteiger partial charge in [-0.2, -0.15) is 5.10 Å². The molecule has 0 fully saturated rings. The first-order valence-corrected chi connectivity index (χ1v) is 7.29. The molecule has 0 aromatic carbocycles. The highest BCUT2D eigenvalue weighted by Gasteiger charge is 2.14. The van der Waals surface area contributed by atoms with Crippen LogP contribution in [0.3, 0.4) is 0 Å². The normalized spacial score (nSPS) is 13.4. The third-order valence-corrected chi connectivity index (χ3v) is 3.73. The Morgan fingerprint density at radius 2 is 2.18 bits per heavy atom. The lowest BCUT2D eigenvalue weighted by Gasteiger charge is -2.18. The van der Waals surface area contributed by atoms with E-state index in [4.69, 9.17) is 11.6 Å². The zero-order chi connectivity index (χ0) is 13.0. The summed E-state index contributed by atoms with van der Waals surface area (Å²) in [6, 6.07) is 0. The quantitative estimate of drug-likeness (QED) is 0.748. The summed E-state index contributed by atoms with van der Waals surface area (Å²) < 4.78 is 1.99. The van der Waals surface area contributed by atoms with Gasteiger partial charge in [0.15, 0.2) is 0 Å². The average molecular weight is 323 g/mol. The minimum atomic E-state index is 0.554. The fourth-order valence-corrected chi connectivity index (χ4v) is 2.15. The lowest BCUT2D eigenvalue weighted by Crippen LogP contribution is -2.22. The molecular weight excluding hydrogens is 302 g/mol. The van der Waals surface area contributed by atoms with Crippen LogP contribution in [-0.2, 0) is 13.1 Å². The standard InChI is InChI=1S/C12H21BrClN3/c1-5-17-11(12(14)10(3)15-17)8-16(4)7-6-9(2)13/h9H,5-8H2,1-4H3. The molecule has 17 heavy (non-hydrogen) atoms. The Balaban J connectivity index is 2.67. The van der Waals surface area contributed by atoms with Gasteiger partial charge in [0, 0.05) is 17.9 Å². The van der Waals surface area contributed by atoms with Crippen molar-refractivity contribution < 1.29 is 0 Å². The number of rotatable bonds is 6. The van der Waals surface area contributed by atoms with Crippen molar-refractivity contribution in [2.75, 3.05) is 13.6 Å². The zero-order valence-corrected chi connectivity index (χ0v) is 13.3. The summed E-state index contributed by atoms with van der Waals surface area (Å²) in [5.41, 5.74) is 2.04. The van der Waals surface area contributed by atoms with E-state index in [9.17, 15) is 0 Å². The van der Waals surface area contributed by atoms with E-state index in [0.717, 1.165) is 42.5 Å². The summed E-state index contributed by atoms with van der Waals surface area (Å²) >= 11 is 9.84. The Morgan fingerprint density at radius 1 is 1.53 bits per heavy atom. The van der Waals surface area contributed by atoms with Crippen LogP contribution in [0.2, 0.25) is 5.02 Å². The fraction of sp³-hybridized carbons (Fsp3) is 0.750. The van der Waals surface area contributed by atoms with Crippen LogP contribution in [-0.4, -0.2) is 33.1 Å². The molecule has 0 aliphatic heterocycles. The number of aromatic nitrogens is 2. The van der Waals surface area contributed by atoms with E-state index in [-0.39, 0.29) is 0 Å². The Hall–Kier alpha value is -0.0600. The van der Waals surface area contributed by atoms with Gasteiger partial charge >= 0.3 is 0 Å². The summed E-state index contributed by atoms with van der Waals surface area (Å²) in [6.07, 6.45) is 1.13. The molecule has 0 saturated carbocycles. The lowest BCUT2D eigenvalue weighted by atomic mass is 10.3. The van der Waals surface area contributed by atoms with E-state index in [1.807, 2.05) is 11.6 Å². The molecule has 0 N–H and O–H groups in total. The number of hydrogen-bond acceptors (Lipinski definition) is 2. The predicted octanol–water partition coefficient (Wildman–Crippen LogP) is 3.47. The van der Waals surface area contributed by atoms with Crippen LogP contribution in [0.1, 0.15) is 31.7 Å². The molecule has 1 heterocycles. The van der Waals surface area contributed by atoms with Gasteiger partial charge in [0.2, 0.25) is 0 Å². The van der Waals surface area contributed by atoms with Crippen LogP contribution in [0, 0.1) is 6.92 Å². The maximum absolute atomic E-state index is 6.28. The summed E-state index contributed by atoms with van der Waals surface area (Å²) in [5, 5.41) is 5.24. The van der Waals surface area contributed by atoms with Gasteiger partial charge in [-0.3, -0.25) is 4.68 Å². The second kappa shape index (κ2) is 6.76. The van der Waals surface area contributed by atoms with E-state index < -0.39 is 0 Å². The van der Waals surface area contributed by atoms with E-state index in [2.05, 4.69) is 46.8 Å².